The Hall–Kier alpha value is -2.66. The number of carbonyl (C=O) groups excluding carboxylic acids is 1. The van der Waals surface area contributed by atoms with Crippen LogP contribution in [0.5, 0.6) is 0 Å². The number of fused-ring (bicyclic) bond motifs is 1. The summed E-state index contributed by atoms with van der Waals surface area (Å²) in [4.78, 5) is 24.3. The molecule has 1 aromatic carbocycles. The van der Waals surface area contributed by atoms with Crippen LogP contribution in [0, 0.1) is 0 Å². The number of hydrogen-bond donors (Lipinski definition) is 0. The van der Waals surface area contributed by atoms with E-state index in [1.54, 1.807) is 34.7 Å². The highest BCUT2D eigenvalue weighted by atomic mass is 32.2. The van der Waals surface area contributed by atoms with Crippen molar-refractivity contribution in [1.82, 2.24) is 14.9 Å². The molecule has 0 radical (unpaired) electrons. The van der Waals surface area contributed by atoms with Crippen LogP contribution < -0.4 is 4.90 Å². The van der Waals surface area contributed by atoms with Crippen LogP contribution in [-0.2, 0) is 20.6 Å². The molecule has 4 rings (SSSR count). The number of nitrogens with zero attached hydrogens (tertiary/aromatic N) is 4. The minimum absolute atomic E-state index is 0.112. The highest BCUT2D eigenvalue weighted by molar-refractivity contribution is 7.91. The SMILES string of the molecule is CC(F)(F)c1cc(N2CCN(C(=O)CCS(=O)(=O)c3cccc4ncsc34)CC2)ccn1. The number of hydrogen-bond acceptors (Lipinski definition) is 7. The summed E-state index contributed by atoms with van der Waals surface area (Å²) >= 11 is 1.26. The van der Waals surface area contributed by atoms with Gasteiger partial charge >= 0.3 is 0 Å². The van der Waals surface area contributed by atoms with E-state index in [1.165, 1.54) is 23.6 Å². The Labute approximate surface area is 188 Å². The van der Waals surface area contributed by atoms with Crippen LogP contribution in [0.25, 0.3) is 10.2 Å². The predicted molar refractivity (Wildman–Crippen MR) is 119 cm³/mol. The van der Waals surface area contributed by atoms with Gasteiger partial charge in [0, 0.05) is 51.4 Å². The average Bonchev–Trinajstić information content (AvgIpc) is 3.26. The number of benzene rings is 1. The highest BCUT2D eigenvalue weighted by Crippen LogP contribution is 2.29. The molecule has 3 aromatic rings. The lowest BCUT2D eigenvalue weighted by Crippen LogP contribution is -2.49. The average molecular weight is 481 g/mol. The van der Waals surface area contributed by atoms with Crippen LogP contribution in [0.2, 0.25) is 0 Å². The maximum atomic E-state index is 13.6. The van der Waals surface area contributed by atoms with Gasteiger partial charge in [-0.2, -0.15) is 8.78 Å². The second-order valence-electron chi connectivity index (χ2n) is 7.68. The minimum atomic E-state index is -3.63. The third-order valence-electron chi connectivity index (χ3n) is 5.43. The molecule has 7 nitrogen and oxygen atoms in total. The van der Waals surface area contributed by atoms with Crippen LogP contribution >= 0.6 is 11.3 Å². The molecule has 3 heterocycles. The van der Waals surface area contributed by atoms with Gasteiger partial charge in [-0.05, 0) is 24.3 Å². The van der Waals surface area contributed by atoms with E-state index in [2.05, 4.69) is 9.97 Å². The van der Waals surface area contributed by atoms with E-state index < -0.39 is 15.8 Å². The van der Waals surface area contributed by atoms with Gasteiger partial charge < -0.3 is 9.80 Å². The summed E-state index contributed by atoms with van der Waals surface area (Å²) in [6.45, 7) is 2.53. The van der Waals surface area contributed by atoms with Crippen LogP contribution in [0.1, 0.15) is 19.0 Å². The molecule has 0 atom stereocenters. The molecule has 1 aliphatic heterocycles. The molecule has 170 valence electrons. The molecular weight excluding hydrogens is 458 g/mol. The summed E-state index contributed by atoms with van der Waals surface area (Å²) in [6, 6.07) is 7.98. The molecule has 32 heavy (non-hydrogen) atoms. The standard InChI is InChI=1S/C21H22F2N4O3S2/c1-21(22,23)18-13-15(5-7-24-18)26-8-10-27(11-9-26)19(28)6-12-32(29,30)17-4-2-3-16-20(17)31-14-25-16/h2-5,7,13-14H,6,8-12H2,1H3. The van der Waals surface area contributed by atoms with Crippen molar-refractivity contribution < 1.29 is 22.0 Å². The van der Waals surface area contributed by atoms with Crippen molar-refractivity contribution in [2.45, 2.75) is 24.2 Å². The van der Waals surface area contributed by atoms with Gasteiger partial charge in [0.1, 0.15) is 5.69 Å². The smallest absolute Gasteiger partial charge is 0.287 e. The Kier molecular flexibility index (Phi) is 6.13. The second kappa shape index (κ2) is 8.70. The van der Waals surface area contributed by atoms with Crippen LogP contribution in [0.4, 0.5) is 14.5 Å². The number of rotatable bonds is 6. The molecule has 2 aromatic heterocycles. The van der Waals surface area contributed by atoms with Crippen molar-refractivity contribution in [3.05, 3.63) is 47.7 Å². The lowest BCUT2D eigenvalue weighted by molar-refractivity contribution is -0.131. The molecule has 1 aliphatic rings. The molecule has 11 heteroatoms. The molecule has 1 saturated heterocycles. The zero-order valence-electron chi connectivity index (χ0n) is 17.4. The third-order valence-corrected chi connectivity index (χ3v) is 8.19. The number of halogens is 2. The molecule has 0 aliphatic carbocycles. The van der Waals surface area contributed by atoms with Gasteiger partial charge in [-0.25, -0.2) is 13.4 Å². The second-order valence-corrected chi connectivity index (χ2v) is 10.6. The molecule has 0 spiro atoms. The summed E-state index contributed by atoms with van der Waals surface area (Å²) in [5.74, 6) is -3.54. The number of sulfone groups is 1. The van der Waals surface area contributed by atoms with Gasteiger partial charge in [0.25, 0.3) is 5.92 Å². The van der Waals surface area contributed by atoms with E-state index in [9.17, 15) is 22.0 Å². The van der Waals surface area contributed by atoms with Crippen molar-refractivity contribution in [2.24, 2.45) is 0 Å². The lowest BCUT2D eigenvalue weighted by Gasteiger charge is -2.36. The van der Waals surface area contributed by atoms with E-state index in [1.807, 2.05) is 4.90 Å². The number of anilines is 1. The largest absolute Gasteiger partial charge is 0.368 e. The Morgan fingerprint density at radius 3 is 2.62 bits per heavy atom. The Morgan fingerprint density at radius 2 is 1.91 bits per heavy atom. The first kappa shape index (κ1) is 22.5. The van der Waals surface area contributed by atoms with E-state index >= 15 is 0 Å². The number of pyridine rings is 1. The van der Waals surface area contributed by atoms with Crippen LogP contribution in [0.3, 0.4) is 0 Å². The first-order valence-corrected chi connectivity index (χ1v) is 12.6. The number of carbonyl (C=O) groups is 1. The Morgan fingerprint density at radius 1 is 1.16 bits per heavy atom. The van der Waals surface area contributed by atoms with Crippen molar-refractivity contribution >= 4 is 43.0 Å². The maximum absolute atomic E-state index is 13.6. The maximum Gasteiger partial charge on any atom is 0.287 e. The Balaban J connectivity index is 1.36. The van der Waals surface area contributed by atoms with E-state index in [0.717, 1.165) is 6.92 Å². The summed E-state index contributed by atoms with van der Waals surface area (Å²) < 4.78 is 53.3. The van der Waals surface area contributed by atoms with Crippen LogP contribution in [-0.4, -0.2) is 61.1 Å². The first-order valence-electron chi connectivity index (χ1n) is 10.1. The number of thiazole rings is 1. The fraction of sp³-hybridized carbons (Fsp3) is 0.381. The van der Waals surface area contributed by atoms with E-state index in [0.29, 0.717) is 42.1 Å². The fourth-order valence-corrected chi connectivity index (χ4v) is 6.22. The number of aromatic nitrogens is 2. The summed E-state index contributed by atoms with van der Waals surface area (Å²) in [6.07, 6.45) is 1.24. The molecule has 0 unspecified atom stereocenters. The molecular formula is C21H22F2N4O3S2. The summed E-state index contributed by atoms with van der Waals surface area (Å²) in [5.41, 5.74) is 2.55. The van der Waals surface area contributed by atoms with Gasteiger partial charge in [0.15, 0.2) is 9.84 Å². The number of alkyl halides is 2. The highest BCUT2D eigenvalue weighted by Gasteiger charge is 2.28. The van der Waals surface area contributed by atoms with Gasteiger partial charge in [-0.3, -0.25) is 9.78 Å². The number of amides is 1. The van der Waals surface area contributed by atoms with Crippen molar-refractivity contribution in [1.29, 1.82) is 0 Å². The van der Waals surface area contributed by atoms with Crippen molar-refractivity contribution in [2.75, 3.05) is 36.8 Å². The lowest BCUT2D eigenvalue weighted by atomic mass is 10.2. The quantitative estimate of drug-likeness (QED) is 0.538. The monoisotopic (exact) mass is 480 g/mol. The fourth-order valence-electron chi connectivity index (χ4n) is 3.67. The Bertz CT molecular complexity index is 1230. The molecule has 0 N–H and O–H groups in total. The first-order chi connectivity index (χ1) is 15.1. The molecule has 0 saturated carbocycles. The normalized spacial score (nSPS) is 15.3. The zero-order chi connectivity index (χ0) is 22.9. The van der Waals surface area contributed by atoms with Crippen molar-refractivity contribution in [3.63, 3.8) is 0 Å². The van der Waals surface area contributed by atoms with Gasteiger partial charge in [-0.15, -0.1) is 11.3 Å². The van der Waals surface area contributed by atoms with Gasteiger partial charge in [-0.1, -0.05) is 6.07 Å². The van der Waals surface area contributed by atoms with E-state index in [4.69, 9.17) is 0 Å². The van der Waals surface area contributed by atoms with E-state index in [-0.39, 0.29) is 28.7 Å². The van der Waals surface area contributed by atoms with Crippen LogP contribution in [0.15, 0.2) is 46.9 Å². The van der Waals surface area contributed by atoms with Gasteiger partial charge in [0.05, 0.1) is 26.4 Å². The minimum Gasteiger partial charge on any atom is -0.368 e. The van der Waals surface area contributed by atoms with Crippen molar-refractivity contribution in [3.8, 4) is 0 Å². The third kappa shape index (κ3) is 4.73. The zero-order valence-corrected chi connectivity index (χ0v) is 19.0. The van der Waals surface area contributed by atoms with Gasteiger partial charge in [0.2, 0.25) is 5.91 Å². The molecule has 1 amide bonds. The molecule has 1 fully saturated rings. The molecule has 0 bridgehead atoms. The summed E-state index contributed by atoms with van der Waals surface area (Å²) in [5, 5.41) is 0. The number of piperazine rings is 1. The summed E-state index contributed by atoms with van der Waals surface area (Å²) in [7, 11) is -3.63. The topological polar surface area (TPSA) is 83.5 Å². The predicted octanol–water partition coefficient (Wildman–Crippen LogP) is 3.32.